The highest BCUT2D eigenvalue weighted by Gasteiger charge is 2.46. The Morgan fingerprint density at radius 2 is 2.04 bits per heavy atom. The first kappa shape index (κ1) is 14.2. The van der Waals surface area contributed by atoms with Gasteiger partial charge < -0.3 is 9.52 Å². The zero-order valence-corrected chi connectivity index (χ0v) is 13.5. The first-order chi connectivity index (χ1) is 11.5. The van der Waals surface area contributed by atoms with Crippen molar-refractivity contribution >= 4 is 11.6 Å². The molecular weight excluding hydrogens is 304 g/mol. The van der Waals surface area contributed by atoms with Gasteiger partial charge in [0.1, 0.15) is 0 Å². The third kappa shape index (κ3) is 1.57. The Kier molecular flexibility index (Phi) is 2.63. The molecule has 122 valence electrons. The molecule has 4 heteroatoms. The molecule has 5 rings (SSSR count). The SMILES string of the molecule is CC12CCCc3coc(c31)C(=O)c1cc3c(cc12)C(=O)CCC3O. The van der Waals surface area contributed by atoms with Crippen molar-refractivity contribution in [1.29, 1.82) is 0 Å². The number of aliphatic hydroxyl groups is 1. The summed E-state index contributed by atoms with van der Waals surface area (Å²) < 4.78 is 5.64. The zero-order chi connectivity index (χ0) is 16.6. The van der Waals surface area contributed by atoms with Crippen LogP contribution >= 0.6 is 0 Å². The molecule has 0 fully saturated rings. The highest BCUT2D eigenvalue weighted by Crippen LogP contribution is 2.51. The highest BCUT2D eigenvalue weighted by molar-refractivity contribution is 6.13. The van der Waals surface area contributed by atoms with Crippen LogP contribution in [0.5, 0.6) is 0 Å². The number of aliphatic hydroxyl groups excluding tert-OH is 1. The minimum atomic E-state index is -0.677. The molecule has 0 amide bonds. The fourth-order valence-corrected chi connectivity index (χ4v) is 4.83. The topological polar surface area (TPSA) is 67.5 Å². The smallest absolute Gasteiger partial charge is 0.228 e. The lowest BCUT2D eigenvalue weighted by molar-refractivity contribution is 0.0893. The zero-order valence-electron chi connectivity index (χ0n) is 13.5. The summed E-state index contributed by atoms with van der Waals surface area (Å²) in [6.07, 6.45) is 4.72. The predicted molar refractivity (Wildman–Crippen MR) is 86.5 cm³/mol. The Balaban J connectivity index is 1.84. The third-order valence-electron chi connectivity index (χ3n) is 6.08. The normalized spacial score (nSPS) is 27.5. The Hall–Kier alpha value is -2.20. The van der Waals surface area contributed by atoms with Gasteiger partial charge in [0.05, 0.1) is 12.4 Å². The first-order valence-corrected chi connectivity index (χ1v) is 8.56. The van der Waals surface area contributed by atoms with E-state index < -0.39 is 6.10 Å². The van der Waals surface area contributed by atoms with Crippen molar-refractivity contribution in [2.75, 3.05) is 0 Å². The van der Waals surface area contributed by atoms with E-state index in [9.17, 15) is 14.7 Å². The van der Waals surface area contributed by atoms with Gasteiger partial charge in [0.2, 0.25) is 5.78 Å². The van der Waals surface area contributed by atoms with E-state index in [1.165, 1.54) is 0 Å². The van der Waals surface area contributed by atoms with Crippen LogP contribution in [0, 0.1) is 0 Å². The number of ketones is 2. The van der Waals surface area contributed by atoms with Crippen LogP contribution in [0.3, 0.4) is 0 Å². The van der Waals surface area contributed by atoms with E-state index in [2.05, 4.69) is 6.92 Å². The molecule has 2 unspecified atom stereocenters. The minimum Gasteiger partial charge on any atom is -0.460 e. The molecule has 24 heavy (non-hydrogen) atoms. The average molecular weight is 322 g/mol. The second kappa shape index (κ2) is 4.45. The maximum atomic E-state index is 13.0. The molecule has 4 nitrogen and oxygen atoms in total. The van der Waals surface area contributed by atoms with Crippen LogP contribution in [0.25, 0.3) is 0 Å². The fourth-order valence-electron chi connectivity index (χ4n) is 4.83. The highest BCUT2D eigenvalue weighted by atomic mass is 16.3. The van der Waals surface area contributed by atoms with Gasteiger partial charge in [-0.05, 0) is 54.5 Å². The minimum absolute atomic E-state index is 0.0585. The van der Waals surface area contributed by atoms with Crippen LogP contribution in [0.2, 0.25) is 0 Å². The number of hydrogen-bond donors (Lipinski definition) is 1. The van der Waals surface area contributed by atoms with E-state index in [-0.39, 0.29) is 17.0 Å². The van der Waals surface area contributed by atoms with Gasteiger partial charge in [-0.1, -0.05) is 6.92 Å². The van der Waals surface area contributed by atoms with Gasteiger partial charge >= 0.3 is 0 Å². The molecule has 3 aliphatic carbocycles. The van der Waals surface area contributed by atoms with Crippen molar-refractivity contribution in [3.63, 3.8) is 0 Å². The van der Waals surface area contributed by atoms with Crippen molar-refractivity contribution in [2.45, 2.75) is 50.5 Å². The maximum Gasteiger partial charge on any atom is 0.228 e. The summed E-state index contributed by atoms with van der Waals surface area (Å²) in [4.78, 5) is 25.3. The number of carbonyl (C=O) groups excluding carboxylic acids is 2. The third-order valence-corrected chi connectivity index (χ3v) is 6.08. The number of benzene rings is 1. The number of furan rings is 1. The van der Waals surface area contributed by atoms with Crippen molar-refractivity contribution in [2.24, 2.45) is 0 Å². The van der Waals surface area contributed by atoms with E-state index in [1.54, 1.807) is 12.3 Å². The molecule has 1 N–H and O–H groups in total. The summed E-state index contributed by atoms with van der Waals surface area (Å²) in [5.41, 5.74) is 4.51. The standard InChI is InChI=1S/C20H18O4/c1-20-6-2-3-10-9-24-19(17(10)20)18(23)13-7-11-12(8-14(13)20)16(22)5-4-15(11)21/h7-9,15,21H,2-6H2,1H3. The monoisotopic (exact) mass is 322 g/mol. The summed E-state index contributed by atoms with van der Waals surface area (Å²) >= 11 is 0. The molecule has 1 aromatic heterocycles. The van der Waals surface area contributed by atoms with Gasteiger partial charge in [-0.3, -0.25) is 9.59 Å². The Morgan fingerprint density at radius 1 is 1.21 bits per heavy atom. The largest absolute Gasteiger partial charge is 0.460 e. The Labute approximate surface area is 139 Å². The summed E-state index contributed by atoms with van der Waals surface area (Å²) in [5.74, 6) is 0.373. The van der Waals surface area contributed by atoms with Gasteiger partial charge in [-0.2, -0.15) is 0 Å². The maximum absolute atomic E-state index is 13.0. The summed E-state index contributed by atoms with van der Waals surface area (Å²) in [6, 6.07) is 3.61. The van der Waals surface area contributed by atoms with Crippen molar-refractivity contribution in [3.8, 4) is 0 Å². The summed E-state index contributed by atoms with van der Waals surface area (Å²) in [7, 11) is 0. The van der Waals surface area contributed by atoms with Gasteiger partial charge in [-0.15, -0.1) is 0 Å². The lowest BCUT2D eigenvalue weighted by Crippen LogP contribution is -2.36. The Bertz CT molecular complexity index is 920. The molecular formula is C20H18O4. The van der Waals surface area contributed by atoms with Gasteiger partial charge in [0.15, 0.2) is 11.5 Å². The molecule has 0 spiro atoms. The fraction of sp³-hybridized carbons (Fsp3) is 0.400. The van der Waals surface area contributed by atoms with Gasteiger partial charge in [-0.25, -0.2) is 0 Å². The van der Waals surface area contributed by atoms with Crippen LogP contribution in [0.4, 0.5) is 0 Å². The van der Waals surface area contributed by atoms with Crippen LogP contribution in [-0.4, -0.2) is 16.7 Å². The van der Waals surface area contributed by atoms with Crippen LogP contribution in [-0.2, 0) is 11.8 Å². The second-order valence-electron chi connectivity index (χ2n) is 7.44. The van der Waals surface area contributed by atoms with E-state index in [0.717, 1.165) is 36.0 Å². The van der Waals surface area contributed by atoms with E-state index >= 15 is 0 Å². The predicted octanol–water partition coefficient (Wildman–Crippen LogP) is 3.48. The van der Waals surface area contributed by atoms with E-state index in [4.69, 9.17) is 4.42 Å². The lowest BCUT2D eigenvalue weighted by atomic mass is 9.62. The number of fused-ring (bicyclic) bond motifs is 3. The summed E-state index contributed by atoms with van der Waals surface area (Å²) in [6.45, 7) is 2.14. The molecule has 1 heterocycles. The first-order valence-electron chi connectivity index (χ1n) is 8.56. The quantitative estimate of drug-likeness (QED) is 0.806. The van der Waals surface area contributed by atoms with E-state index in [0.29, 0.717) is 35.3 Å². The van der Waals surface area contributed by atoms with Crippen molar-refractivity contribution in [1.82, 2.24) is 0 Å². The molecule has 0 bridgehead atoms. The van der Waals surface area contributed by atoms with Crippen molar-refractivity contribution in [3.05, 3.63) is 57.5 Å². The molecule has 2 aromatic rings. The van der Waals surface area contributed by atoms with Crippen LogP contribution in [0.15, 0.2) is 22.8 Å². The van der Waals surface area contributed by atoms with Crippen LogP contribution < -0.4 is 0 Å². The van der Waals surface area contributed by atoms with Crippen LogP contribution in [0.1, 0.15) is 87.4 Å². The number of hydrogen-bond acceptors (Lipinski definition) is 4. The number of aryl methyl sites for hydroxylation is 1. The molecule has 3 aliphatic rings. The van der Waals surface area contributed by atoms with Crippen molar-refractivity contribution < 1.29 is 19.1 Å². The molecule has 2 atom stereocenters. The second-order valence-corrected chi connectivity index (χ2v) is 7.44. The van der Waals surface area contributed by atoms with Gasteiger partial charge in [0.25, 0.3) is 0 Å². The number of carbonyl (C=O) groups is 2. The number of Topliss-reactive ketones (excluding diaryl/α,β-unsaturated/α-hetero) is 1. The molecule has 1 aromatic carbocycles. The average Bonchev–Trinajstić information content (AvgIpc) is 3.02. The van der Waals surface area contributed by atoms with E-state index in [1.807, 2.05) is 6.07 Å². The van der Waals surface area contributed by atoms with Gasteiger partial charge in [0, 0.05) is 28.5 Å². The number of rotatable bonds is 0. The molecule has 0 aliphatic heterocycles. The lowest BCUT2D eigenvalue weighted by Gasteiger charge is -2.39. The molecule has 0 saturated heterocycles. The Morgan fingerprint density at radius 3 is 2.88 bits per heavy atom. The molecule has 0 saturated carbocycles. The summed E-state index contributed by atoms with van der Waals surface area (Å²) in [5, 5.41) is 10.3. The molecule has 0 radical (unpaired) electrons.